The lowest BCUT2D eigenvalue weighted by Gasteiger charge is -2.11. The van der Waals surface area contributed by atoms with Crippen LogP contribution in [0.1, 0.15) is 0 Å². The maximum absolute atomic E-state index is 12.4. The second-order valence-electron chi connectivity index (χ2n) is 4.90. The minimum atomic E-state index is -3.78. The van der Waals surface area contributed by atoms with E-state index in [0.29, 0.717) is 16.6 Å². The lowest BCUT2D eigenvalue weighted by molar-refractivity contribution is 0.593. The molecule has 0 amide bonds. The van der Waals surface area contributed by atoms with Crippen LogP contribution in [0.2, 0.25) is 0 Å². The summed E-state index contributed by atoms with van der Waals surface area (Å²) in [5.74, 6) is 0. The van der Waals surface area contributed by atoms with E-state index in [4.69, 9.17) is 0 Å². The molecule has 7 nitrogen and oxygen atoms in total. The molecule has 3 aromatic rings. The SMILES string of the molecule is Cn1ccc(S(=O)(=O)Nc2cccc3c2ccc(=O)n3C)n1. The van der Waals surface area contributed by atoms with Crippen molar-refractivity contribution in [3.8, 4) is 0 Å². The van der Waals surface area contributed by atoms with Crippen LogP contribution in [-0.4, -0.2) is 22.8 Å². The number of sulfonamides is 1. The van der Waals surface area contributed by atoms with Gasteiger partial charge in [-0.15, -0.1) is 0 Å². The summed E-state index contributed by atoms with van der Waals surface area (Å²) in [5.41, 5.74) is 0.893. The molecule has 1 aromatic carbocycles. The van der Waals surface area contributed by atoms with Crippen molar-refractivity contribution in [2.45, 2.75) is 5.03 Å². The van der Waals surface area contributed by atoms with E-state index in [9.17, 15) is 13.2 Å². The van der Waals surface area contributed by atoms with Crippen molar-refractivity contribution in [2.24, 2.45) is 14.1 Å². The fourth-order valence-corrected chi connectivity index (χ4v) is 3.28. The third kappa shape index (κ3) is 2.37. The van der Waals surface area contributed by atoms with Gasteiger partial charge >= 0.3 is 0 Å². The summed E-state index contributed by atoms with van der Waals surface area (Å²) in [7, 11) is -0.490. The van der Waals surface area contributed by atoms with Crippen LogP contribution in [0.15, 0.2) is 52.4 Å². The van der Waals surface area contributed by atoms with E-state index >= 15 is 0 Å². The van der Waals surface area contributed by atoms with Crippen LogP contribution in [-0.2, 0) is 24.1 Å². The van der Waals surface area contributed by atoms with Crippen LogP contribution in [0.3, 0.4) is 0 Å². The highest BCUT2D eigenvalue weighted by Gasteiger charge is 2.18. The molecule has 0 saturated heterocycles. The first kappa shape index (κ1) is 14.3. The molecular weight excluding hydrogens is 304 g/mol. The fourth-order valence-electron chi connectivity index (χ4n) is 2.23. The highest BCUT2D eigenvalue weighted by atomic mass is 32.2. The number of pyridine rings is 1. The zero-order valence-electron chi connectivity index (χ0n) is 12.0. The Balaban J connectivity index is 2.12. The number of hydrogen-bond acceptors (Lipinski definition) is 4. The summed E-state index contributed by atoms with van der Waals surface area (Å²) in [5, 5.41) is 4.49. The number of benzene rings is 1. The molecule has 0 fully saturated rings. The minimum absolute atomic E-state index is 0.0585. The molecule has 0 saturated carbocycles. The van der Waals surface area contributed by atoms with Crippen LogP contribution < -0.4 is 10.3 Å². The second kappa shape index (κ2) is 4.99. The van der Waals surface area contributed by atoms with Gasteiger partial charge in [-0.2, -0.15) is 13.5 Å². The van der Waals surface area contributed by atoms with Crippen molar-refractivity contribution in [3.63, 3.8) is 0 Å². The average Bonchev–Trinajstić information content (AvgIpc) is 2.91. The van der Waals surface area contributed by atoms with Gasteiger partial charge in [-0.1, -0.05) is 6.07 Å². The lowest BCUT2D eigenvalue weighted by Crippen LogP contribution is -2.17. The summed E-state index contributed by atoms with van der Waals surface area (Å²) in [6, 6.07) is 9.53. The Hall–Kier alpha value is -2.61. The fraction of sp³-hybridized carbons (Fsp3) is 0.143. The third-order valence-electron chi connectivity index (χ3n) is 3.38. The van der Waals surface area contributed by atoms with E-state index in [1.807, 2.05) is 0 Å². The number of hydrogen-bond donors (Lipinski definition) is 1. The quantitative estimate of drug-likeness (QED) is 0.783. The van der Waals surface area contributed by atoms with Gasteiger partial charge in [0, 0.05) is 31.7 Å². The molecule has 22 heavy (non-hydrogen) atoms. The number of aromatic nitrogens is 3. The molecule has 2 aromatic heterocycles. The topological polar surface area (TPSA) is 86.0 Å². The van der Waals surface area contributed by atoms with Crippen molar-refractivity contribution in [1.82, 2.24) is 14.3 Å². The molecule has 114 valence electrons. The lowest BCUT2D eigenvalue weighted by atomic mass is 10.2. The maximum atomic E-state index is 12.4. The number of aryl methyl sites for hydroxylation is 2. The van der Waals surface area contributed by atoms with Gasteiger partial charge in [-0.3, -0.25) is 14.2 Å². The maximum Gasteiger partial charge on any atom is 0.281 e. The zero-order chi connectivity index (χ0) is 15.9. The van der Waals surface area contributed by atoms with Gasteiger partial charge in [0.1, 0.15) is 0 Å². The van der Waals surface area contributed by atoms with Gasteiger partial charge in [0.2, 0.25) is 0 Å². The Bertz CT molecular complexity index is 1020. The van der Waals surface area contributed by atoms with Crippen LogP contribution in [0.5, 0.6) is 0 Å². The Kier molecular flexibility index (Phi) is 3.25. The summed E-state index contributed by atoms with van der Waals surface area (Å²) in [6.07, 6.45) is 1.56. The van der Waals surface area contributed by atoms with Crippen LogP contribution in [0.25, 0.3) is 10.9 Å². The first-order valence-corrected chi connectivity index (χ1v) is 7.98. The van der Waals surface area contributed by atoms with Gasteiger partial charge in [0.05, 0.1) is 11.2 Å². The molecule has 0 bridgehead atoms. The molecule has 0 aliphatic carbocycles. The summed E-state index contributed by atoms with van der Waals surface area (Å²) in [4.78, 5) is 11.7. The second-order valence-corrected chi connectivity index (χ2v) is 6.53. The molecule has 8 heteroatoms. The van der Waals surface area contributed by atoms with Crippen molar-refractivity contribution >= 4 is 26.6 Å². The molecule has 0 spiro atoms. The predicted octanol–water partition coefficient (Wildman–Crippen LogP) is 1.07. The third-order valence-corrected chi connectivity index (χ3v) is 4.63. The van der Waals surface area contributed by atoms with E-state index < -0.39 is 10.0 Å². The Labute approximate surface area is 126 Å². The molecular formula is C14H14N4O3S. The number of nitrogens with zero attached hydrogens (tertiary/aromatic N) is 3. The van der Waals surface area contributed by atoms with Crippen LogP contribution in [0.4, 0.5) is 5.69 Å². The van der Waals surface area contributed by atoms with Gasteiger partial charge in [0.15, 0.2) is 5.03 Å². The molecule has 0 radical (unpaired) electrons. The zero-order valence-corrected chi connectivity index (χ0v) is 12.8. The molecule has 0 aliphatic rings. The van der Waals surface area contributed by atoms with Gasteiger partial charge in [-0.05, 0) is 24.3 Å². The van der Waals surface area contributed by atoms with Crippen molar-refractivity contribution < 1.29 is 8.42 Å². The monoisotopic (exact) mass is 318 g/mol. The minimum Gasteiger partial charge on any atom is -0.311 e. The highest BCUT2D eigenvalue weighted by molar-refractivity contribution is 7.92. The van der Waals surface area contributed by atoms with E-state index in [1.165, 1.54) is 21.4 Å². The molecule has 0 unspecified atom stereocenters. The first-order chi connectivity index (χ1) is 10.4. The largest absolute Gasteiger partial charge is 0.311 e. The number of fused-ring (bicyclic) bond motifs is 1. The van der Waals surface area contributed by atoms with Crippen LogP contribution >= 0.6 is 0 Å². The first-order valence-electron chi connectivity index (χ1n) is 6.50. The van der Waals surface area contributed by atoms with E-state index in [0.717, 1.165) is 0 Å². The Morgan fingerprint density at radius 1 is 1.09 bits per heavy atom. The summed E-state index contributed by atoms with van der Waals surface area (Å²) in [6.45, 7) is 0. The smallest absolute Gasteiger partial charge is 0.281 e. The Morgan fingerprint density at radius 3 is 2.55 bits per heavy atom. The van der Waals surface area contributed by atoms with E-state index in [-0.39, 0.29) is 10.6 Å². The molecule has 2 heterocycles. The van der Waals surface area contributed by atoms with E-state index in [2.05, 4.69) is 9.82 Å². The molecule has 3 rings (SSSR count). The van der Waals surface area contributed by atoms with Crippen LogP contribution in [0, 0.1) is 0 Å². The highest BCUT2D eigenvalue weighted by Crippen LogP contribution is 2.24. The number of rotatable bonds is 3. The van der Waals surface area contributed by atoms with Gasteiger partial charge < -0.3 is 4.57 Å². The standard InChI is InChI=1S/C14H14N4O3S/c1-17-9-8-13(15-17)22(20,21)16-11-4-3-5-12-10(11)6-7-14(19)18(12)2/h3-9,16H,1-2H3. The predicted molar refractivity (Wildman–Crippen MR) is 83.2 cm³/mol. The number of nitrogens with one attached hydrogen (secondary N) is 1. The molecule has 0 atom stereocenters. The van der Waals surface area contributed by atoms with E-state index in [1.54, 1.807) is 44.6 Å². The van der Waals surface area contributed by atoms with Crippen molar-refractivity contribution in [1.29, 1.82) is 0 Å². The number of anilines is 1. The summed E-state index contributed by atoms with van der Waals surface area (Å²) < 4.78 is 30.1. The molecule has 0 aliphatic heterocycles. The van der Waals surface area contributed by atoms with Crippen molar-refractivity contribution in [3.05, 3.63) is 52.9 Å². The van der Waals surface area contributed by atoms with Gasteiger partial charge in [0.25, 0.3) is 15.6 Å². The normalized spacial score (nSPS) is 11.7. The average molecular weight is 318 g/mol. The molecule has 1 N–H and O–H groups in total. The van der Waals surface area contributed by atoms with Crippen molar-refractivity contribution in [2.75, 3.05) is 4.72 Å². The Morgan fingerprint density at radius 2 is 1.86 bits per heavy atom. The summed E-state index contributed by atoms with van der Waals surface area (Å²) >= 11 is 0. The van der Waals surface area contributed by atoms with Gasteiger partial charge in [-0.25, -0.2) is 0 Å².